The highest BCUT2D eigenvalue weighted by Gasteiger charge is 2.31. The summed E-state index contributed by atoms with van der Waals surface area (Å²) in [6.07, 6.45) is 1.90. The summed E-state index contributed by atoms with van der Waals surface area (Å²) >= 11 is 0. The topological polar surface area (TPSA) is 125 Å². The molecule has 1 saturated heterocycles. The van der Waals surface area contributed by atoms with Crippen LogP contribution in [0.5, 0.6) is 5.88 Å². The maximum Gasteiger partial charge on any atom is 0.267 e. The standard InChI is InChI=1S/C27H33N5O5S/c1-5-6-13-32(21-16-37-17-21)31(4)26(34)20-11-8-12-22(14-20)38(35,36)30-27-28-23(15-24(33)29-27)25-18(2)9-7-10-19(25)3/h7-12,14-15,21H,5-6,13,16-17H2,1-4H3,(H2,28,29,30,33). The average Bonchev–Trinajstić information content (AvgIpc) is 2.84. The molecule has 0 unspecified atom stereocenters. The van der Waals surface area contributed by atoms with Crippen LogP contribution in [-0.4, -0.2) is 72.3 Å². The van der Waals surface area contributed by atoms with Crippen LogP contribution in [0, 0.1) is 13.8 Å². The third kappa shape index (κ3) is 5.95. The number of rotatable bonds is 10. The smallest absolute Gasteiger partial charge is 0.267 e. The van der Waals surface area contributed by atoms with Gasteiger partial charge in [0, 0.05) is 30.8 Å². The number of anilines is 1. The first-order chi connectivity index (χ1) is 18.1. The van der Waals surface area contributed by atoms with E-state index in [0.717, 1.165) is 29.5 Å². The average molecular weight is 540 g/mol. The number of sulfonamides is 1. The van der Waals surface area contributed by atoms with E-state index in [1.807, 2.05) is 37.1 Å². The molecule has 11 heteroatoms. The molecule has 2 aromatic carbocycles. The number of unbranched alkanes of at least 4 members (excludes halogenated alkanes) is 1. The van der Waals surface area contributed by atoms with Crippen molar-refractivity contribution in [3.05, 3.63) is 65.2 Å². The first kappa shape index (κ1) is 27.5. The number of nitrogens with zero attached hydrogens (tertiary/aromatic N) is 4. The SMILES string of the molecule is CCCCN(C1COC1)N(C)C(=O)c1cccc(S(=O)(=O)Nc2nc(O)cc(-c3c(C)cccc3C)n2)c1. The van der Waals surface area contributed by atoms with E-state index in [2.05, 4.69) is 21.6 Å². The minimum absolute atomic E-state index is 0.109. The quantitative estimate of drug-likeness (QED) is 0.373. The molecule has 1 aliphatic heterocycles. The maximum atomic E-state index is 13.3. The van der Waals surface area contributed by atoms with Crippen molar-refractivity contribution >= 4 is 21.9 Å². The van der Waals surface area contributed by atoms with E-state index in [-0.39, 0.29) is 34.2 Å². The zero-order valence-corrected chi connectivity index (χ0v) is 22.8. The molecule has 202 valence electrons. The molecule has 4 rings (SSSR count). The Morgan fingerprint density at radius 3 is 2.42 bits per heavy atom. The first-order valence-corrected chi connectivity index (χ1v) is 14.0. The maximum absolute atomic E-state index is 13.3. The van der Waals surface area contributed by atoms with Crippen molar-refractivity contribution in [1.82, 2.24) is 20.0 Å². The monoisotopic (exact) mass is 539 g/mol. The molecule has 38 heavy (non-hydrogen) atoms. The summed E-state index contributed by atoms with van der Waals surface area (Å²) < 4.78 is 34.2. The van der Waals surface area contributed by atoms with Gasteiger partial charge in [-0.15, -0.1) is 0 Å². The Balaban J connectivity index is 1.59. The van der Waals surface area contributed by atoms with Crippen LogP contribution < -0.4 is 4.72 Å². The second kappa shape index (κ2) is 11.5. The molecular weight excluding hydrogens is 506 g/mol. The van der Waals surface area contributed by atoms with Gasteiger partial charge in [0.25, 0.3) is 15.9 Å². The van der Waals surface area contributed by atoms with Gasteiger partial charge < -0.3 is 9.84 Å². The lowest BCUT2D eigenvalue weighted by Gasteiger charge is -2.42. The van der Waals surface area contributed by atoms with Crippen molar-refractivity contribution in [3.8, 4) is 17.1 Å². The number of carbonyl (C=O) groups excluding carboxylic acids is 1. The van der Waals surface area contributed by atoms with Crippen LogP contribution in [0.4, 0.5) is 5.95 Å². The van der Waals surface area contributed by atoms with E-state index in [1.54, 1.807) is 13.1 Å². The third-order valence-corrected chi connectivity index (χ3v) is 7.85. The number of hydrazine groups is 1. The molecular formula is C27H33N5O5S. The molecule has 0 atom stereocenters. The zero-order valence-electron chi connectivity index (χ0n) is 22.0. The lowest BCUT2D eigenvalue weighted by Crippen LogP contribution is -2.57. The number of aromatic hydroxyl groups is 1. The van der Waals surface area contributed by atoms with Gasteiger partial charge in [-0.1, -0.05) is 37.6 Å². The molecule has 2 N–H and O–H groups in total. The number of amides is 1. The normalized spacial score (nSPS) is 13.8. The molecule has 0 saturated carbocycles. The highest BCUT2D eigenvalue weighted by Crippen LogP contribution is 2.29. The largest absolute Gasteiger partial charge is 0.493 e. The summed E-state index contributed by atoms with van der Waals surface area (Å²) in [6, 6.07) is 13.0. The highest BCUT2D eigenvalue weighted by molar-refractivity contribution is 7.92. The van der Waals surface area contributed by atoms with Crippen molar-refractivity contribution in [2.24, 2.45) is 0 Å². The number of hydrogen-bond donors (Lipinski definition) is 2. The van der Waals surface area contributed by atoms with Gasteiger partial charge in [0.15, 0.2) is 0 Å². The van der Waals surface area contributed by atoms with Gasteiger partial charge in [-0.25, -0.2) is 23.1 Å². The Morgan fingerprint density at radius 1 is 1.11 bits per heavy atom. The molecule has 0 aliphatic carbocycles. The second-order valence-electron chi connectivity index (χ2n) is 9.37. The summed E-state index contributed by atoms with van der Waals surface area (Å²) in [5.41, 5.74) is 3.25. The third-order valence-electron chi connectivity index (χ3n) is 6.53. The van der Waals surface area contributed by atoms with Crippen molar-refractivity contribution in [2.75, 3.05) is 31.5 Å². The van der Waals surface area contributed by atoms with Crippen LogP contribution in [0.25, 0.3) is 11.3 Å². The van der Waals surface area contributed by atoms with Gasteiger partial charge in [0.2, 0.25) is 11.8 Å². The molecule has 1 aromatic heterocycles. The number of carbonyl (C=O) groups is 1. The van der Waals surface area contributed by atoms with Gasteiger partial charge in [-0.05, 0) is 49.6 Å². The van der Waals surface area contributed by atoms with E-state index < -0.39 is 10.0 Å². The fraction of sp³-hybridized carbons (Fsp3) is 0.370. The van der Waals surface area contributed by atoms with Gasteiger partial charge in [0.05, 0.1) is 29.8 Å². The van der Waals surface area contributed by atoms with Crippen molar-refractivity contribution in [3.63, 3.8) is 0 Å². The number of aryl methyl sites for hydroxylation is 2. The Labute approximate surface area is 223 Å². The van der Waals surface area contributed by atoms with E-state index in [9.17, 15) is 18.3 Å². The van der Waals surface area contributed by atoms with Crippen molar-refractivity contribution in [2.45, 2.75) is 44.6 Å². The van der Waals surface area contributed by atoms with E-state index in [0.29, 0.717) is 25.5 Å². The lowest BCUT2D eigenvalue weighted by molar-refractivity contribution is -0.129. The van der Waals surface area contributed by atoms with Gasteiger partial charge in [-0.3, -0.25) is 9.80 Å². The fourth-order valence-corrected chi connectivity index (χ4v) is 5.39. The Bertz CT molecular complexity index is 1400. The fourth-order valence-electron chi connectivity index (χ4n) is 4.40. The summed E-state index contributed by atoms with van der Waals surface area (Å²) in [5, 5.41) is 13.7. The first-order valence-electron chi connectivity index (χ1n) is 12.5. The van der Waals surface area contributed by atoms with Crippen molar-refractivity contribution < 1.29 is 23.1 Å². The second-order valence-corrected chi connectivity index (χ2v) is 11.1. The Hall–Kier alpha value is -3.54. The van der Waals surface area contributed by atoms with Gasteiger partial charge in [0.1, 0.15) is 0 Å². The molecule has 3 aromatic rings. The molecule has 0 spiro atoms. The summed E-state index contributed by atoms with van der Waals surface area (Å²) in [4.78, 5) is 21.4. The molecule has 0 radical (unpaired) electrons. The summed E-state index contributed by atoms with van der Waals surface area (Å²) in [7, 11) is -2.48. The summed E-state index contributed by atoms with van der Waals surface area (Å²) in [5.74, 6) is -0.962. The van der Waals surface area contributed by atoms with Crippen LogP contribution in [0.15, 0.2) is 53.4 Å². The van der Waals surface area contributed by atoms with E-state index in [1.165, 1.54) is 29.3 Å². The highest BCUT2D eigenvalue weighted by atomic mass is 32.2. The van der Waals surface area contributed by atoms with Crippen LogP contribution >= 0.6 is 0 Å². The predicted molar refractivity (Wildman–Crippen MR) is 144 cm³/mol. The molecule has 1 amide bonds. The van der Waals surface area contributed by atoms with Crippen LogP contribution in [0.2, 0.25) is 0 Å². The Morgan fingerprint density at radius 2 is 1.79 bits per heavy atom. The number of benzene rings is 2. The minimum atomic E-state index is -4.17. The van der Waals surface area contributed by atoms with Crippen LogP contribution in [0.1, 0.15) is 41.3 Å². The minimum Gasteiger partial charge on any atom is -0.493 e. The van der Waals surface area contributed by atoms with Crippen LogP contribution in [-0.2, 0) is 14.8 Å². The number of ether oxygens (including phenoxy) is 1. The summed E-state index contributed by atoms with van der Waals surface area (Å²) in [6.45, 7) is 7.70. The number of hydrogen-bond acceptors (Lipinski definition) is 8. The lowest BCUT2D eigenvalue weighted by atomic mass is 10.00. The zero-order chi connectivity index (χ0) is 27.4. The molecule has 10 nitrogen and oxygen atoms in total. The number of aromatic nitrogens is 2. The molecule has 1 fully saturated rings. The van der Waals surface area contributed by atoms with Crippen LogP contribution in [0.3, 0.4) is 0 Å². The van der Waals surface area contributed by atoms with E-state index >= 15 is 0 Å². The number of nitrogens with one attached hydrogen (secondary N) is 1. The van der Waals surface area contributed by atoms with Gasteiger partial charge in [-0.2, -0.15) is 4.98 Å². The van der Waals surface area contributed by atoms with E-state index in [4.69, 9.17) is 4.74 Å². The van der Waals surface area contributed by atoms with Gasteiger partial charge >= 0.3 is 0 Å². The molecule has 0 bridgehead atoms. The Kier molecular flexibility index (Phi) is 8.29. The van der Waals surface area contributed by atoms with Crippen molar-refractivity contribution in [1.29, 1.82) is 0 Å². The predicted octanol–water partition coefficient (Wildman–Crippen LogP) is 3.75. The molecule has 2 heterocycles. The molecule has 1 aliphatic rings.